The molecule has 0 fully saturated rings. The molecule has 20 heavy (non-hydrogen) atoms. The summed E-state index contributed by atoms with van der Waals surface area (Å²) in [6, 6.07) is 7.93. The van der Waals surface area contributed by atoms with Crippen LogP contribution in [0.4, 0.5) is 0 Å². The first-order valence-electron chi connectivity index (χ1n) is 6.24. The van der Waals surface area contributed by atoms with Crippen LogP contribution >= 0.6 is 0 Å². The minimum absolute atomic E-state index is 0.0167. The summed E-state index contributed by atoms with van der Waals surface area (Å²) < 4.78 is 7.53. The van der Waals surface area contributed by atoms with Gasteiger partial charge in [-0.1, -0.05) is 18.2 Å². The van der Waals surface area contributed by atoms with Gasteiger partial charge in [-0.25, -0.2) is 0 Å². The fraction of sp³-hybridized carbons (Fsp3) is 0.214. The van der Waals surface area contributed by atoms with Gasteiger partial charge in [0, 0.05) is 30.6 Å². The Hall–Kier alpha value is -2.63. The highest BCUT2D eigenvalue weighted by molar-refractivity contribution is 5.93. The van der Waals surface area contributed by atoms with Gasteiger partial charge in [0.2, 0.25) is 11.8 Å². The van der Waals surface area contributed by atoms with Crippen molar-refractivity contribution in [3.8, 4) is 11.5 Å². The fourth-order valence-corrected chi connectivity index (χ4v) is 2.19. The molecule has 6 heteroatoms. The Morgan fingerprint density at radius 2 is 2.15 bits per heavy atom. The fourth-order valence-electron chi connectivity index (χ4n) is 2.19. The lowest BCUT2D eigenvalue weighted by Gasteiger charge is -1.93. The van der Waals surface area contributed by atoms with Crippen LogP contribution in [-0.4, -0.2) is 25.8 Å². The molecule has 3 aromatic rings. The normalized spacial score (nSPS) is 11.1. The molecule has 0 unspecified atom stereocenters. The maximum atomic E-state index is 10.5. The standard InChI is InChI=1S/C14H13N3O3/c1-17-8-10(9-4-2-3-5-11(9)17)14-16-15-12(20-14)6-7-13(18)19/h2-5,8H,6-7H2,1H3,(H,18,19). The number of nitrogens with zero attached hydrogens (tertiary/aromatic N) is 3. The summed E-state index contributed by atoms with van der Waals surface area (Å²) >= 11 is 0. The molecule has 1 aromatic carbocycles. The molecule has 0 aliphatic rings. The number of aryl methyl sites for hydroxylation is 2. The lowest BCUT2D eigenvalue weighted by atomic mass is 10.2. The van der Waals surface area contributed by atoms with Gasteiger partial charge in [-0.05, 0) is 6.07 Å². The van der Waals surface area contributed by atoms with Gasteiger partial charge in [0.1, 0.15) is 0 Å². The highest BCUT2D eigenvalue weighted by atomic mass is 16.4. The van der Waals surface area contributed by atoms with Crippen LogP contribution in [0.3, 0.4) is 0 Å². The van der Waals surface area contributed by atoms with Crippen molar-refractivity contribution in [2.24, 2.45) is 7.05 Å². The van der Waals surface area contributed by atoms with Crippen molar-refractivity contribution < 1.29 is 14.3 Å². The van der Waals surface area contributed by atoms with Crippen LogP contribution in [0.15, 0.2) is 34.9 Å². The molecule has 3 rings (SSSR count). The number of hydrogen-bond donors (Lipinski definition) is 1. The van der Waals surface area contributed by atoms with E-state index in [1.807, 2.05) is 42.1 Å². The number of carboxylic acid groups (broad SMARTS) is 1. The zero-order valence-electron chi connectivity index (χ0n) is 10.9. The van der Waals surface area contributed by atoms with E-state index in [4.69, 9.17) is 9.52 Å². The van der Waals surface area contributed by atoms with Crippen LogP contribution in [0.2, 0.25) is 0 Å². The molecule has 0 amide bonds. The third kappa shape index (κ3) is 2.16. The second-order valence-electron chi connectivity index (χ2n) is 4.57. The smallest absolute Gasteiger partial charge is 0.303 e. The molecule has 6 nitrogen and oxygen atoms in total. The Labute approximate surface area is 114 Å². The van der Waals surface area contributed by atoms with Crippen molar-refractivity contribution in [2.75, 3.05) is 0 Å². The molecule has 2 aromatic heterocycles. The molecule has 102 valence electrons. The molecule has 0 spiro atoms. The maximum Gasteiger partial charge on any atom is 0.303 e. The molecule has 0 atom stereocenters. The second-order valence-corrected chi connectivity index (χ2v) is 4.57. The monoisotopic (exact) mass is 271 g/mol. The predicted molar refractivity (Wildman–Crippen MR) is 72.2 cm³/mol. The minimum Gasteiger partial charge on any atom is -0.481 e. The number of carboxylic acids is 1. The second kappa shape index (κ2) is 4.80. The number of aromatic nitrogens is 3. The number of benzene rings is 1. The summed E-state index contributed by atoms with van der Waals surface area (Å²) in [6.07, 6.45) is 2.16. The summed E-state index contributed by atoms with van der Waals surface area (Å²) in [5, 5.41) is 17.6. The van der Waals surface area contributed by atoms with E-state index in [9.17, 15) is 4.79 Å². The zero-order chi connectivity index (χ0) is 14.1. The Bertz CT molecular complexity index is 773. The van der Waals surface area contributed by atoms with Gasteiger partial charge in [0.25, 0.3) is 0 Å². The van der Waals surface area contributed by atoms with Gasteiger partial charge in [-0.3, -0.25) is 4.79 Å². The number of rotatable bonds is 4. The van der Waals surface area contributed by atoms with Crippen molar-refractivity contribution in [3.05, 3.63) is 36.4 Å². The van der Waals surface area contributed by atoms with E-state index in [1.54, 1.807) is 0 Å². The van der Waals surface area contributed by atoms with Crippen molar-refractivity contribution >= 4 is 16.9 Å². The molecule has 0 radical (unpaired) electrons. The van der Waals surface area contributed by atoms with E-state index >= 15 is 0 Å². The quantitative estimate of drug-likeness (QED) is 0.787. The first-order valence-corrected chi connectivity index (χ1v) is 6.24. The summed E-state index contributed by atoms with van der Waals surface area (Å²) in [7, 11) is 1.95. The van der Waals surface area contributed by atoms with Crippen LogP contribution in [0, 0.1) is 0 Å². The Morgan fingerprint density at radius 3 is 2.95 bits per heavy atom. The molecular formula is C14H13N3O3. The predicted octanol–water partition coefficient (Wildman–Crippen LogP) is 2.25. The van der Waals surface area contributed by atoms with Crippen LogP contribution in [-0.2, 0) is 18.3 Å². The van der Waals surface area contributed by atoms with Crippen LogP contribution in [0.25, 0.3) is 22.4 Å². The molecule has 2 heterocycles. The first kappa shape index (κ1) is 12.4. The molecule has 0 bridgehead atoms. The minimum atomic E-state index is -0.880. The van der Waals surface area contributed by atoms with Gasteiger partial charge in [-0.15, -0.1) is 10.2 Å². The molecule has 1 N–H and O–H groups in total. The molecule has 0 aliphatic carbocycles. The highest BCUT2D eigenvalue weighted by Crippen LogP contribution is 2.29. The maximum absolute atomic E-state index is 10.5. The van der Waals surface area contributed by atoms with Crippen LogP contribution in [0.5, 0.6) is 0 Å². The molecule has 0 aliphatic heterocycles. The van der Waals surface area contributed by atoms with Crippen molar-refractivity contribution in [2.45, 2.75) is 12.8 Å². The van der Waals surface area contributed by atoms with Gasteiger partial charge in [-0.2, -0.15) is 0 Å². The van der Waals surface area contributed by atoms with Gasteiger partial charge in [0.15, 0.2) is 0 Å². The Kier molecular flexibility index (Phi) is 2.98. The average molecular weight is 271 g/mol. The van der Waals surface area contributed by atoms with Gasteiger partial charge in [0.05, 0.1) is 12.0 Å². The summed E-state index contributed by atoms with van der Waals surface area (Å²) in [5.74, 6) is -0.118. The largest absolute Gasteiger partial charge is 0.481 e. The van der Waals surface area contributed by atoms with Crippen LogP contribution < -0.4 is 0 Å². The number of hydrogen-bond acceptors (Lipinski definition) is 4. The third-order valence-electron chi connectivity index (χ3n) is 3.15. The average Bonchev–Trinajstić information content (AvgIpc) is 3.02. The number of carbonyl (C=O) groups is 1. The van der Waals surface area contributed by atoms with Crippen molar-refractivity contribution in [3.63, 3.8) is 0 Å². The van der Waals surface area contributed by atoms with E-state index in [0.29, 0.717) is 11.8 Å². The summed E-state index contributed by atoms with van der Waals surface area (Å²) in [4.78, 5) is 10.5. The zero-order valence-corrected chi connectivity index (χ0v) is 10.9. The van der Waals surface area contributed by atoms with Crippen molar-refractivity contribution in [1.29, 1.82) is 0 Å². The molecule has 0 saturated carbocycles. The number of aliphatic carboxylic acids is 1. The molecular weight excluding hydrogens is 258 g/mol. The Balaban J connectivity index is 1.97. The highest BCUT2D eigenvalue weighted by Gasteiger charge is 2.14. The molecule has 0 saturated heterocycles. The third-order valence-corrected chi connectivity index (χ3v) is 3.15. The first-order chi connectivity index (χ1) is 9.65. The van der Waals surface area contributed by atoms with E-state index < -0.39 is 5.97 Å². The van der Waals surface area contributed by atoms with E-state index in [2.05, 4.69) is 10.2 Å². The number of fused-ring (bicyclic) bond motifs is 1. The summed E-state index contributed by atoms with van der Waals surface area (Å²) in [5.41, 5.74) is 1.94. The lowest BCUT2D eigenvalue weighted by Crippen LogP contribution is -1.97. The Morgan fingerprint density at radius 1 is 1.35 bits per heavy atom. The summed E-state index contributed by atoms with van der Waals surface area (Å²) in [6.45, 7) is 0. The van der Waals surface area contributed by atoms with Crippen LogP contribution in [0.1, 0.15) is 12.3 Å². The van der Waals surface area contributed by atoms with Gasteiger partial charge >= 0.3 is 5.97 Å². The van der Waals surface area contributed by atoms with E-state index in [-0.39, 0.29) is 12.8 Å². The van der Waals surface area contributed by atoms with E-state index in [0.717, 1.165) is 16.5 Å². The topological polar surface area (TPSA) is 81.2 Å². The van der Waals surface area contributed by atoms with Gasteiger partial charge < -0.3 is 14.1 Å². The lowest BCUT2D eigenvalue weighted by molar-refractivity contribution is -0.137. The number of para-hydroxylation sites is 1. The van der Waals surface area contributed by atoms with E-state index in [1.165, 1.54) is 0 Å². The van der Waals surface area contributed by atoms with Crippen molar-refractivity contribution in [1.82, 2.24) is 14.8 Å². The SMILES string of the molecule is Cn1cc(-c2nnc(CCC(=O)O)o2)c2ccccc21.